The molecule has 3 nitrogen and oxygen atoms in total. The smallest absolute Gasteiger partial charge is 0.0546 e. The first-order valence-electron chi connectivity index (χ1n) is 8.39. The van der Waals surface area contributed by atoms with Crippen molar-refractivity contribution in [2.24, 2.45) is 5.41 Å². The Hall–Kier alpha value is -0.120. The van der Waals surface area contributed by atoms with E-state index in [4.69, 9.17) is 4.74 Å². The summed E-state index contributed by atoms with van der Waals surface area (Å²) in [5, 5.41) is 3.71. The maximum Gasteiger partial charge on any atom is 0.0546 e. The van der Waals surface area contributed by atoms with Crippen molar-refractivity contribution in [2.45, 2.75) is 72.4 Å². The summed E-state index contributed by atoms with van der Waals surface area (Å²) < 4.78 is 5.84. The van der Waals surface area contributed by atoms with Crippen LogP contribution in [0.25, 0.3) is 0 Å². The van der Waals surface area contributed by atoms with E-state index in [2.05, 4.69) is 51.8 Å². The highest BCUT2D eigenvalue weighted by molar-refractivity contribution is 4.90. The highest BCUT2D eigenvalue weighted by Crippen LogP contribution is 2.30. The average Bonchev–Trinajstić information content (AvgIpc) is 2.42. The van der Waals surface area contributed by atoms with Crippen LogP contribution in [-0.2, 0) is 4.74 Å². The van der Waals surface area contributed by atoms with Crippen LogP contribution in [0, 0.1) is 5.41 Å². The molecular formula is C17H36N2O. The largest absolute Gasteiger partial charge is 0.381 e. The third-order valence-electron chi connectivity index (χ3n) is 4.56. The van der Waals surface area contributed by atoms with Crippen molar-refractivity contribution in [3.63, 3.8) is 0 Å². The van der Waals surface area contributed by atoms with E-state index in [9.17, 15) is 0 Å². The predicted molar refractivity (Wildman–Crippen MR) is 87.2 cm³/mol. The minimum Gasteiger partial charge on any atom is -0.381 e. The Morgan fingerprint density at radius 1 is 1.30 bits per heavy atom. The topological polar surface area (TPSA) is 24.5 Å². The number of rotatable bonds is 7. The van der Waals surface area contributed by atoms with E-state index in [1.54, 1.807) is 0 Å². The fourth-order valence-corrected chi connectivity index (χ4v) is 2.95. The monoisotopic (exact) mass is 284 g/mol. The van der Waals surface area contributed by atoms with E-state index in [0.29, 0.717) is 6.04 Å². The molecule has 20 heavy (non-hydrogen) atoms. The molecule has 120 valence electrons. The van der Waals surface area contributed by atoms with Crippen LogP contribution >= 0.6 is 0 Å². The molecule has 0 amide bonds. The second-order valence-corrected chi connectivity index (χ2v) is 7.58. The van der Waals surface area contributed by atoms with Gasteiger partial charge in [-0.05, 0) is 53.5 Å². The molecule has 0 radical (unpaired) electrons. The first-order valence-corrected chi connectivity index (χ1v) is 8.39. The molecule has 1 rings (SSSR count). The van der Waals surface area contributed by atoms with Crippen molar-refractivity contribution in [1.82, 2.24) is 10.2 Å². The third-order valence-corrected chi connectivity index (χ3v) is 4.56. The quantitative estimate of drug-likeness (QED) is 0.776. The van der Waals surface area contributed by atoms with Gasteiger partial charge in [-0.1, -0.05) is 13.8 Å². The molecule has 0 aromatic heterocycles. The lowest BCUT2D eigenvalue weighted by Crippen LogP contribution is -2.53. The highest BCUT2D eigenvalue weighted by atomic mass is 16.5. The lowest BCUT2D eigenvalue weighted by Gasteiger charge is -2.44. The number of nitrogens with one attached hydrogen (secondary N) is 1. The Labute approximate surface area is 126 Å². The number of hydrogen-bond acceptors (Lipinski definition) is 3. The van der Waals surface area contributed by atoms with Gasteiger partial charge >= 0.3 is 0 Å². The van der Waals surface area contributed by atoms with E-state index in [1.807, 2.05) is 0 Å². The van der Waals surface area contributed by atoms with E-state index < -0.39 is 0 Å². The van der Waals surface area contributed by atoms with E-state index in [1.165, 1.54) is 19.3 Å². The maximum atomic E-state index is 5.84. The maximum absolute atomic E-state index is 5.84. The van der Waals surface area contributed by atoms with Crippen molar-refractivity contribution in [3.05, 3.63) is 0 Å². The molecule has 0 spiro atoms. The van der Waals surface area contributed by atoms with Crippen LogP contribution in [0.15, 0.2) is 0 Å². The number of nitrogens with zero attached hydrogens (tertiary/aromatic N) is 1. The second kappa shape index (κ2) is 7.77. The zero-order valence-electron chi connectivity index (χ0n) is 14.6. The lowest BCUT2D eigenvalue weighted by molar-refractivity contribution is -0.0337. The van der Waals surface area contributed by atoms with Crippen LogP contribution in [0.5, 0.6) is 0 Å². The first-order chi connectivity index (χ1) is 9.32. The molecule has 0 aliphatic carbocycles. The molecule has 2 atom stereocenters. The average molecular weight is 284 g/mol. The molecule has 0 bridgehead atoms. The Balaban J connectivity index is 2.71. The fourth-order valence-electron chi connectivity index (χ4n) is 2.95. The summed E-state index contributed by atoms with van der Waals surface area (Å²) in [5.74, 6) is 0. The van der Waals surface area contributed by atoms with Crippen LogP contribution < -0.4 is 5.32 Å². The van der Waals surface area contributed by atoms with Gasteiger partial charge in [-0.25, -0.2) is 0 Å². The fraction of sp³-hybridized carbons (Fsp3) is 1.00. The third kappa shape index (κ3) is 5.71. The number of hydrogen-bond donors (Lipinski definition) is 1. The van der Waals surface area contributed by atoms with Crippen LogP contribution in [0.2, 0.25) is 0 Å². The zero-order chi connectivity index (χ0) is 15.2. The Bertz CT molecular complexity index is 267. The van der Waals surface area contributed by atoms with Crippen LogP contribution in [0.3, 0.4) is 0 Å². The van der Waals surface area contributed by atoms with Gasteiger partial charge in [0.2, 0.25) is 0 Å². The summed E-state index contributed by atoms with van der Waals surface area (Å²) in [6.45, 7) is 18.8. The van der Waals surface area contributed by atoms with E-state index in [-0.39, 0.29) is 11.0 Å². The Morgan fingerprint density at radius 2 is 2.00 bits per heavy atom. The zero-order valence-corrected chi connectivity index (χ0v) is 14.6. The second-order valence-electron chi connectivity index (χ2n) is 7.58. The molecule has 1 aliphatic heterocycles. The van der Waals surface area contributed by atoms with Crippen LogP contribution in [-0.4, -0.2) is 49.3 Å². The van der Waals surface area contributed by atoms with Crippen LogP contribution in [0.4, 0.5) is 0 Å². The van der Waals surface area contributed by atoms with E-state index >= 15 is 0 Å². The van der Waals surface area contributed by atoms with Crippen molar-refractivity contribution >= 4 is 0 Å². The highest BCUT2D eigenvalue weighted by Gasteiger charge is 2.36. The Morgan fingerprint density at radius 3 is 2.45 bits per heavy atom. The minimum atomic E-state index is 0.178. The SMILES string of the molecule is CCC(C)N(CC)CC1(CNC(C)(C)C)CCCOC1. The normalized spacial score (nSPS) is 25.9. The summed E-state index contributed by atoms with van der Waals surface area (Å²) in [6, 6.07) is 0.661. The Kier molecular flexibility index (Phi) is 6.96. The summed E-state index contributed by atoms with van der Waals surface area (Å²) in [6.07, 6.45) is 3.70. The number of ether oxygens (including phenoxy) is 1. The summed E-state index contributed by atoms with van der Waals surface area (Å²) in [7, 11) is 0. The van der Waals surface area contributed by atoms with Gasteiger partial charge in [0.25, 0.3) is 0 Å². The van der Waals surface area contributed by atoms with Gasteiger partial charge in [-0.3, -0.25) is 0 Å². The molecule has 2 unspecified atom stereocenters. The lowest BCUT2D eigenvalue weighted by atomic mass is 9.80. The molecule has 1 saturated heterocycles. The van der Waals surface area contributed by atoms with Gasteiger partial charge in [-0.2, -0.15) is 0 Å². The molecule has 0 aromatic rings. The van der Waals surface area contributed by atoms with Crippen molar-refractivity contribution in [1.29, 1.82) is 0 Å². The molecule has 0 saturated carbocycles. The molecule has 1 fully saturated rings. The van der Waals surface area contributed by atoms with Crippen molar-refractivity contribution < 1.29 is 4.74 Å². The van der Waals surface area contributed by atoms with Crippen LogP contribution in [0.1, 0.15) is 60.8 Å². The molecule has 3 heteroatoms. The molecule has 1 N–H and O–H groups in total. The van der Waals surface area contributed by atoms with Gasteiger partial charge in [-0.15, -0.1) is 0 Å². The standard InChI is InChI=1S/C17H36N2O/c1-7-15(3)19(8-2)13-17(10-9-11-20-14-17)12-18-16(4,5)6/h15,18H,7-14H2,1-6H3. The molecular weight excluding hydrogens is 248 g/mol. The minimum absolute atomic E-state index is 0.178. The summed E-state index contributed by atoms with van der Waals surface area (Å²) in [5.41, 5.74) is 0.461. The summed E-state index contributed by atoms with van der Waals surface area (Å²) >= 11 is 0. The van der Waals surface area contributed by atoms with Gasteiger partial charge in [0.1, 0.15) is 0 Å². The van der Waals surface area contributed by atoms with Crippen molar-refractivity contribution in [3.8, 4) is 0 Å². The van der Waals surface area contributed by atoms with Crippen molar-refractivity contribution in [2.75, 3.05) is 32.8 Å². The predicted octanol–water partition coefficient (Wildman–Crippen LogP) is 3.29. The van der Waals surface area contributed by atoms with E-state index in [0.717, 1.165) is 32.8 Å². The molecule has 1 aliphatic rings. The van der Waals surface area contributed by atoms with Gasteiger partial charge in [0.15, 0.2) is 0 Å². The van der Waals surface area contributed by atoms with Gasteiger partial charge in [0.05, 0.1) is 6.61 Å². The van der Waals surface area contributed by atoms with Gasteiger partial charge in [0, 0.05) is 36.7 Å². The molecule has 1 heterocycles. The van der Waals surface area contributed by atoms with Gasteiger partial charge < -0.3 is 15.0 Å². The summed E-state index contributed by atoms with van der Waals surface area (Å²) in [4.78, 5) is 2.62. The first kappa shape index (κ1) is 17.9. The molecule has 0 aromatic carbocycles.